The smallest absolute Gasteiger partial charge is 0.268 e. The van der Waals surface area contributed by atoms with Crippen molar-refractivity contribution < 1.29 is 18.8 Å². The third-order valence-electron chi connectivity index (χ3n) is 3.44. The van der Waals surface area contributed by atoms with Crippen LogP contribution in [0.15, 0.2) is 23.2 Å². The first-order chi connectivity index (χ1) is 10.5. The highest BCUT2D eigenvalue weighted by Crippen LogP contribution is 2.17. The predicted molar refractivity (Wildman–Crippen MR) is 77.3 cm³/mol. The van der Waals surface area contributed by atoms with Gasteiger partial charge in [0.1, 0.15) is 12.4 Å². The summed E-state index contributed by atoms with van der Waals surface area (Å²) in [5.41, 5.74) is 0.756. The van der Waals surface area contributed by atoms with E-state index >= 15 is 0 Å². The summed E-state index contributed by atoms with van der Waals surface area (Å²) in [6.45, 7) is -0.347. The van der Waals surface area contributed by atoms with Gasteiger partial charge in [-0.25, -0.2) is 4.39 Å². The minimum Gasteiger partial charge on any atom is -0.319 e. The SMILES string of the molecule is Cn1c(=NC(=O)CN2C(=O)CCC2=O)sc2cc(F)ccc21. The summed E-state index contributed by atoms with van der Waals surface area (Å²) >= 11 is 1.17. The van der Waals surface area contributed by atoms with E-state index in [9.17, 15) is 18.8 Å². The molecule has 1 aromatic carbocycles. The highest BCUT2D eigenvalue weighted by atomic mass is 32.1. The lowest BCUT2D eigenvalue weighted by atomic mass is 10.3. The van der Waals surface area contributed by atoms with Gasteiger partial charge in [-0.05, 0) is 18.2 Å². The highest BCUT2D eigenvalue weighted by Gasteiger charge is 2.30. The van der Waals surface area contributed by atoms with Gasteiger partial charge in [0.25, 0.3) is 5.91 Å². The molecule has 3 amide bonds. The predicted octanol–water partition coefficient (Wildman–Crippen LogP) is 0.955. The second-order valence-corrected chi connectivity index (χ2v) is 5.94. The van der Waals surface area contributed by atoms with Gasteiger partial charge < -0.3 is 4.57 Å². The van der Waals surface area contributed by atoms with Gasteiger partial charge in [-0.2, -0.15) is 4.99 Å². The summed E-state index contributed by atoms with van der Waals surface area (Å²) < 4.78 is 15.6. The van der Waals surface area contributed by atoms with Gasteiger partial charge >= 0.3 is 0 Å². The molecule has 114 valence electrons. The molecule has 1 aliphatic heterocycles. The summed E-state index contributed by atoms with van der Waals surface area (Å²) in [5, 5.41) is 0. The molecule has 0 atom stereocenters. The fourth-order valence-corrected chi connectivity index (χ4v) is 3.35. The number of aryl methyl sites for hydroxylation is 1. The maximum atomic E-state index is 13.2. The van der Waals surface area contributed by atoms with Crippen LogP contribution in [0.2, 0.25) is 0 Å². The number of hydrogen-bond acceptors (Lipinski definition) is 4. The minimum absolute atomic E-state index is 0.141. The summed E-state index contributed by atoms with van der Waals surface area (Å²) in [7, 11) is 1.72. The van der Waals surface area contributed by atoms with Crippen molar-refractivity contribution in [2.24, 2.45) is 12.0 Å². The van der Waals surface area contributed by atoms with Crippen molar-refractivity contribution in [1.29, 1.82) is 0 Å². The van der Waals surface area contributed by atoms with E-state index in [1.807, 2.05) is 0 Å². The molecule has 1 fully saturated rings. The first-order valence-electron chi connectivity index (χ1n) is 6.61. The second-order valence-electron chi connectivity index (χ2n) is 4.93. The first-order valence-corrected chi connectivity index (χ1v) is 7.43. The number of thiazole rings is 1. The van der Waals surface area contributed by atoms with E-state index in [2.05, 4.69) is 4.99 Å². The van der Waals surface area contributed by atoms with Crippen molar-refractivity contribution in [3.63, 3.8) is 0 Å². The molecule has 0 unspecified atom stereocenters. The van der Waals surface area contributed by atoms with Crippen molar-refractivity contribution in [1.82, 2.24) is 9.47 Å². The number of carbonyl (C=O) groups excluding carboxylic acids is 3. The standard InChI is InChI=1S/C14H12FN3O3S/c1-17-9-3-2-8(15)6-10(9)22-14(17)16-11(19)7-18-12(20)4-5-13(18)21/h2-3,6H,4-5,7H2,1H3. The molecule has 2 heterocycles. The lowest BCUT2D eigenvalue weighted by Crippen LogP contribution is -2.34. The Kier molecular flexibility index (Phi) is 3.61. The Morgan fingerprint density at radius 2 is 2.00 bits per heavy atom. The number of imide groups is 1. The third-order valence-corrected chi connectivity index (χ3v) is 4.53. The van der Waals surface area contributed by atoms with E-state index < -0.39 is 5.91 Å². The molecule has 0 N–H and O–H groups in total. The summed E-state index contributed by atoms with van der Waals surface area (Å²) in [6, 6.07) is 4.32. The van der Waals surface area contributed by atoms with Gasteiger partial charge in [0.2, 0.25) is 11.8 Å². The lowest BCUT2D eigenvalue weighted by Gasteiger charge is -2.09. The van der Waals surface area contributed by atoms with Crippen LogP contribution in [0.5, 0.6) is 0 Å². The van der Waals surface area contributed by atoms with E-state index in [0.29, 0.717) is 9.50 Å². The number of aromatic nitrogens is 1. The summed E-state index contributed by atoms with van der Waals surface area (Å²) in [4.78, 5) is 40.2. The number of carbonyl (C=O) groups is 3. The zero-order chi connectivity index (χ0) is 15.9. The number of fused-ring (bicyclic) bond motifs is 1. The van der Waals surface area contributed by atoms with Gasteiger partial charge in [0, 0.05) is 19.9 Å². The lowest BCUT2D eigenvalue weighted by molar-refractivity contribution is -0.141. The molecule has 1 aromatic heterocycles. The summed E-state index contributed by atoms with van der Waals surface area (Å²) in [5.74, 6) is -1.64. The number of benzene rings is 1. The fraction of sp³-hybridized carbons (Fsp3) is 0.286. The molecule has 2 aromatic rings. The number of hydrogen-bond donors (Lipinski definition) is 0. The topological polar surface area (TPSA) is 71.7 Å². The van der Waals surface area contributed by atoms with Crippen LogP contribution in [0.1, 0.15) is 12.8 Å². The number of amides is 3. The van der Waals surface area contributed by atoms with Crippen molar-refractivity contribution in [3.05, 3.63) is 28.8 Å². The van der Waals surface area contributed by atoms with Gasteiger partial charge in [0.05, 0.1) is 10.2 Å². The Labute approximate surface area is 128 Å². The number of likely N-dealkylation sites (tertiary alicyclic amines) is 1. The van der Waals surface area contributed by atoms with Crippen molar-refractivity contribution in [3.8, 4) is 0 Å². The molecular formula is C14H12FN3O3S. The van der Waals surface area contributed by atoms with Crippen LogP contribution >= 0.6 is 11.3 Å². The van der Waals surface area contributed by atoms with Crippen LogP contribution in [0.4, 0.5) is 4.39 Å². The average molecular weight is 321 g/mol. The highest BCUT2D eigenvalue weighted by molar-refractivity contribution is 7.16. The van der Waals surface area contributed by atoms with Crippen LogP contribution in [0.3, 0.4) is 0 Å². The molecule has 3 rings (SSSR count). The van der Waals surface area contributed by atoms with E-state index in [-0.39, 0.29) is 37.0 Å². The van der Waals surface area contributed by atoms with E-state index in [1.54, 1.807) is 17.7 Å². The third kappa shape index (κ3) is 2.57. The Morgan fingerprint density at radius 1 is 1.32 bits per heavy atom. The zero-order valence-electron chi connectivity index (χ0n) is 11.7. The van der Waals surface area contributed by atoms with Crippen molar-refractivity contribution in [2.75, 3.05) is 6.54 Å². The molecule has 22 heavy (non-hydrogen) atoms. The monoisotopic (exact) mass is 321 g/mol. The maximum Gasteiger partial charge on any atom is 0.268 e. The zero-order valence-corrected chi connectivity index (χ0v) is 12.5. The number of rotatable bonds is 2. The van der Waals surface area contributed by atoms with Gasteiger partial charge in [-0.3, -0.25) is 19.3 Å². The summed E-state index contributed by atoms with van der Waals surface area (Å²) in [6.07, 6.45) is 0.282. The molecule has 6 nitrogen and oxygen atoms in total. The number of nitrogens with zero attached hydrogens (tertiary/aromatic N) is 3. The fourth-order valence-electron chi connectivity index (χ4n) is 2.29. The molecule has 0 spiro atoms. The van der Waals surface area contributed by atoms with E-state index in [4.69, 9.17) is 0 Å². The van der Waals surface area contributed by atoms with Crippen molar-refractivity contribution >= 4 is 39.3 Å². The Morgan fingerprint density at radius 3 is 2.68 bits per heavy atom. The van der Waals surface area contributed by atoms with Gasteiger partial charge in [-0.1, -0.05) is 11.3 Å². The van der Waals surface area contributed by atoms with E-state index in [1.165, 1.54) is 23.5 Å². The average Bonchev–Trinajstić information content (AvgIpc) is 2.93. The maximum absolute atomic E-state index is 13.2. The Hall–Kier alpha value is -2.35. The normalized spacial score (nSPS) is 16.1. The second kappa shape index (κ2) is 5.45. The first kappa shape index (κ1) is 14.6. The van der Waals surface area contributed by atoms with Crippen LogP contribution in [0, 0.1) is 5.82 Å². The molecule has 1 aliphatic rings. The molecule has 0 bridgehead atoms. The van der Waals surface area contributed by atoms with Crippen molar-refractivity contribution in [2.45, 2.75) is 12.8 Å². The van der Waals surface area contributed by atoms with Crippen LogP contribution < -0.4 is 4.80 Å². The molecule has 0 aliphatic carbocycles. The van der Waals surface area contributed by atoms with Crippen LogP contribution in [-0.2, 0) is 21.4 Å². The Balaban J connectivity index is 1.91. The number of halogens is 1. The van der Waals surface area contributed by atoms with Crippen LogP contribution in [-0.4, -0.2) is 33.7 Å². The molecule has 0 saturated carbocycles. The largest absolute Gasteiger partial charge is 0.319 e. The van der Waals surface area contributed by atoms with Crippen LogP contribution in [0.25, 0.3) is 10.2 Å². The minimum atomic E-state index is -0.578. The Bertz CT molecular complexity index is 852. The van der Waals surface area contributed by atoms with Gasteiger partial charge in [0.15, 0.2) is 4.80 Å². The molecule has 1 saturated heterocycles. The quantitative estimate of drug-likeness (QED) is 0.773. The van der Waals surface area contributed by atoms with Gasteiger partial charge in [-0.15, -0.1) is 0 Å². The molecule has 0 radical (unpaired) electrons. The molecule has 8 heteroatoms. The van der Waals surface area contributed by atoms with E-state index in [0.717, 1.165) is 10.4 Å². The molecular weight excluding hydrogens is 309 g/mol.